The number of hydrogen-bond donors (Lipinski definition) is 1. The van der Waals surface area contributed by atoms with Gasteiger partial charge < -0.3 is 10.2 Å². The first kappa shape index (κ1) is 20.3. The van der Waals surface area contributed by atoms with Gasteiger partial charge >= 0.3 is 0 Å². The second-order valence-electron chi connectivity index (χ2n) is 6.86. The van der Waals surface area contributed by atoms with E-state index in [0.717, 1.165) is 11.1 Å². The molecule has 7 heteroatoms. The van der Waals surface area contributed by atoms with Gasteiger partial charge in [0.05, 0.1) is 0 Å². The zero-order valence-electron chi connectivity index (χ0n) is 16.4. The fraction of sp³-hybridized carbons (Fsp3) is 0.227. The van der Waals surface area contributed by atoms with Gasteiger partial charge in [-0.1, -0.05) is 42.5 Å². The third kappa shape index (κ3) is 5.51. The van der Waals surface area contributed by atoms with Crippen LogP contribution >= 0.6 is 0 Å². The van der Waals surface area contributed by atoms with Crippen molar-refractivity contribution in [3.05, 3.63) is 83.3 Å². The summed E-state index contributed by atoms with van der Waals surface area (Å²) >= 11 is 0. The zero-order chi connectivity index (χ0) is 20.8. The number of amides is 2. The van der Waals surface area contributed by atoms with Gasteiger partial charge in [0.15, 0.2) is 5.69 Å². The first-order valence-electron chi connectivity index (χ1n) is 9.30. The molecule has 150 valence electrons. The van der Waals surface area contributed by atoms with Gasteiger partial charge in [0, 0.05) is 33.1 Å². The summed E-state index contributed by atoms with van der Waals surface area (Å²) in [6.45, 7) is 0.328. The minimum absolute atomic E-state index is 0.143. The van der Waals surface area contributed by atoms with Gasteiger partial charge in [-0.05, 0) is 29.7 Å². The van der Waals surface area contributed by atoms with E-state index in [-0.39, 0.29) is 23.3 Å². The van der Waals surface area contributed by atoms with E-state index in [1.54, 1.807) is 32.3 Å². The van der Waals surface area contributed by atoms with Crippen LogP contribution in [0.2, 0.25) is 0 Å². The number of aromatic nitrogens is 2. The van der Waals surface area contributed by atoms with Crippen LogP contribution in [0.5, 0.6) is 0 Å². The average molecular weight is 394 g/mol. The van der Waals surface area contributed by atoms with Crippen LogP contribution in [0.4, 0.5) is 10.2 Å². The number of carbonyl (C=O) groups is 2. The molecule has 0 saturated heterocycles. The Labute approximate surface area is 169 Å². The molecule has 1 N–H and O–H groups in total. The van der Waals surface area contributed by atoms with Crippen molar-refractivity contribution in [1.29, 1.82) is 0 Å². The number of nitrogens with zero attached hydrogens (tertiary/aromatic N) is 3. The Morgan fingerprint density at radius 1 is 1.07 bits per heavy atom. The Morgan fingerprint density at radius 3 is 2.45 bits per heavy atom. The number of aryl methyl sites for hydroxylation is 2. The lowest BCUT2D eigenvalue weighted by molar-refractivity contribution is -0.116. The van der Waals surface area contributed by atoms with Gasteiger partial charge in [-0.15, -0.1) is 0 Å². The van der Waals surface area contributed by atoms with Crippen LogP contribution in [0, 0.1) is 5.82 Å². The van der Waals surface area contributed by atoms with Crippen LogP contribution in [0.3, 0.4) is 0 Å². The quantitative estimate of drug-likeness (QED) is 0.668. The molecule has 0 aliphatic heterocycles. The summed E-state index contributed by atoms with van der Waals surface area (Å²) in [5.74, 6) is -0.285. The van der Waals surface area contributed by atoms with Crippen LogP contribution in [0.15, 0.2) is 60.7 Å². The van der Waals surface area contributed by atoms with E-state index in [0.29, 0.717) is 25.2 Å². The van der Waals surface area contributed by atoms with Gasteiger partial charge in [-0.2, -0.15) is 5.10 Å². The van der Waals surface area contributed by atoms with Gasteiger partial charge in [-0.25, -0.2) is 4.39 Å². The van der Waals surface area contributed by atoms with Crippen LogP contribution in [0.1, 0.15) is 28.0 Å². The summed E-state index contributed by atoms with van der Waals surface area (Å²) < 4.78 is 14.5. The smallest absolute Gasteiger partial charge is 0.274 e. The number of nitrogens with one attached hydrogen (secondary N) is 1. The monoisotopic (exact) mass is 394 g/mol. The SMILES string of the molecule is CN(Cc1ccc(F)cc1)C(=O)c1cc(NC(=O)CCc2ccccc2)n(C)n1. The molecule has 0 aliphatic rings. The molecule has 0 radical (unpaired) electrons. The van der Waals surface area contributed by atoms with E-state index in [1.165, 1.54) is 21.7 Å². The fourth-order valence-corrected chi connectivity index (χ4v) is 2.93. The maximum absolute atomic E-state index is 13.0. The molecule has 0 unspecified atom stereocenters. The molecule has 0 spiro atoms. The van der Waals surface area contributed by atoms with Crippen molar-refractivity contribution in [2.75, 3.05) is 12.4 Å². The number of halogens is 1. The summed E-state index contributed by atoms with van der Waals surface area (Å²) in [6, 6.07) is 17.3. The highest BCUT2D eigenvalue weighted by Crippen LogP contribution is 2.14. The van der Waals surface area contributed by atoms with Crippen molar-refractivity contribution in [2.24, 2.45) is 7.05 Å². The molecule has 0 fully saturated rings. The van der Waals surface area contributed by atoms with Gasteiger partial charge in [0.25, 0.3) is 5.91 Å². The molecule has 0 aliphatic carbocycles. The third-order valence-electron chi connectivity index (χ3n) is 4.53. The lowest BCUT2D eigenvalue weighted by Crippen LogP contribution is -2.26. The second kappa shape index (κ2) is 9.14. The Morgan fingerprint density at radius 2 is 1.76 bits per heavy atom. The maximum atomic E-state index is 13.0. The summed E-state index contributed by atoms with van der Waals surface area (Å²) in [5.41, 5.74) is 2.13. The topological polar surface area (TPSA) is 67.2 Å². The normalized spacial score (nSPS) is 10.6. The van der Waals surface area contributed by atoms with E-state index in [4.69, 9.17) is 0 Å². The third-order valence-corrected chi connectivity index (χ3v) is 4.53. The molecule has 3 rings (SSSR count). The van der Waals surface area contributed by atoms with Crippen LogP contribution in [-0.2, 0) is 24.8 Å². The Kier molecular flexibility index (Phi) is 6.39. The molecule has 2 amide bonds. The van der Waals surface area contributed by atoms with Crippen molar-refractivity contribution in [2.45, 2.75) is 19.4 Å². The number of rotatable bonds is 7. The average Bonchev–Trinajstić information content (AvgIpc) is 3.08. The molecule has 6 nitrogen and oxygen atoms in total. The van der Waals surface area contributed by atoms with E-state index in [9.17, 15) is 14.0 Å². The van der Waals surface area contributed by atoms with Gasteiger partial charge in [0.1, 0.15) is 11.6 Å². The number of anilines is 1. The van der Waals surface area contributed by atoms with Crippen molar-refractivity contribution in [3.8, 4) is 0 Å². The zero-order valence-corrected chi connectivity index (χ0v) is 16.4. The molecular weight excluding hydrogens is 371 g/mol. The van der Waals surface area contributed by atoms with E-state index >= 15 is 0 Å². The maximum Gasteiger partial charge on any atom is 0.274 e. The molecule has 1 aromatic heterocycles. The Balaban J connectivity index is 1.59. The van der Waals surface area contributed by atoms with Crippen LogP contribution < -0.4 is 5.32 Å². The minimum atomic E-state index is -0.319. The largest absolute Gasteiger partial charge is 0.336 e. The van der Waals surface area contributed by atoms with E-state index in [2.05, 4.69) is 10.4 Å². The summed E-state index contributed by atoms with van der Waals surface area (Å²) in [6.07, 6.45) is 0.972. The van der Waals surface area contributed by atoms with Gasteiger partial charge in [-0.3, -0.25) is 14.3 Å². The lowest BCUT2D eigenvalue weighted by Gasteiger charge is -2.15. The standard InChI is InChI=1S/C22H23FN4O2/c1-26(15-17-8-11-18(23)12-9-17)22(29)19-14-20(27(2)25-19)24-21(28)13-10-16-6-4-3-5-7-16/h3-9,11-12,14H,10,13,15H2,1-2H3,(H,24,28). The summed E-state index contributed by atoms with van der Waals surface area (Å²) in [5, 5.41) is 7.01. The van der Waals surface area contributed by atoms with E-state index < -0.39 is 0 Å². The Hall–Kier alpha value is -3.48. The molecule has 2 aromatic carbocycles. The predicted octanol–water partition coefficient (Wildman–Crippen LogP) is 3.40. The molecular formula is C22H23FN4O2. The first-order valence-corrected chi connectivity index (χ1v) is 9.30. The van der Waals surface area contributed by atoms with E-state index in [1.807, 2.05) is 30.3 Å². The van der Waals surface area contributed by atoms with Crippen LogP contribution in [-0.4, -0.2) is 33.5 Å². The van der Waals surface area contributed by atoms with Crippen LogP contribution in [0.25, 0.3) is 0 Å². The fourth-order valence-electron chi connectivity index (χ4n) is 2.93. The molecule has 29 heavy (non-hydrogen) atoms. The molecule has 0 saturated carbocycles. The van der Waals surface area contributed by atoms with Crippen molar-refractivity contribution in [1.82, 2.24) is 14.7 Å². The highest BCUT2D eigenvalue weighted by molar-refractivity contribution is 5.95. The summed E-state index contributed by atoms with van der Waals surface area (Å²) in [7, 11) is 3.32. The second-order valence-corrected chi connectivity index (χ2v) is 6.86. The molecule has 3 aromatic rings. The molecule has 1 heterocycles. The van der Waals surface area contributed by atoms with Crippen molar-refractivity contribution in [3.63, 3.8) is 0 Å². The molecule has 0 atom stereocenters. The first-order chi connectivity index (χ1) is 13.9. The highest BCUT2D eigenvalue weighted by Gasteiger charge is 2.18. The van der Waals surface area contributed by atoms with Gasteiger partial charge in [0.2, 0.25) is 5.91 Å². The number of benzene rings is 2. The van der Waals surface area contributed by atoms with Crippen molar-refractivity contribution >= 4 is 17.6 Å². The Bertz CT molecular complexity index is 984. The predicted molar refractivity (Wildman–Crippen MR) is 109 cm³/mol. The summed E-state index contributed by atoms with van der Waals surface area (Å²) in [4.78, 5) is 26.4. The minimum Gasteiger partial charge on any atom is -0.336 e. The number of carbonyl (C=O) groups excluding carboxylic acids is 2. The lowest BCUT2D eigenvalue weighted by atomic mass is 10.1. The number of hydrogen-bond acceptors (Lipinski definition) is 3. The van der Waals surface area contributed by atoms with Crippen molar-refractivity contribution < 1.29 is 14.0 Å². The highest BCUT2D eigenvalue weighted by atomic mass is 19.1. The molecule has 0 bridgehead atoms.